The Morgan fingerprint density at radius 1 is 0.523 bits per heavy atom. The summed E-state index contributed by atoms with van der Waals surface area (Å²) in [4.78, 5) is 67.1. The fourth-order valence-corrected chi connectivity index (χ4v) is 5.84. The smallest absolute Gasteiger partial charge is 0.480 e. The summed E-state index contributed by atoms with van der Waals surface area (Å²) >= 11 is 0. The Morgan fingerprint density at radius 3 is 1.10 bits per heavy atom. The van der Waals surface area contributed by atoms with Crippen molar-refractivity contribution in [2.45, 2.75) is 128 Å². The van der Waals surface area contributed by atoms with E-state index in [9.17, 15) is 81.5 Å². The van der Waals surface area contributed by atoms with E-state index in [4.69, 9.17) is 40.1 Å². The molecule has 19 nitrogen and oxygen atoms in total. The van der Waals surface area contributed by atoms with Crippen LogP contribution in [0.15, 0.2) is 97.1 Å². The monoisotopic (exact) mass is 1340 g/mol. The third kappa shape index (κ3) is 35.7. The van der Waals surface area contributed by atoms with E-state index in [2.05, 4.69) is 46.2 Å². The molecule has 4 atom stereocenters. The van der Waals surface area contributed by atoms with Gasteiger partial charge in [-0.3, -0.25) is 9.59 Å². The van der Waals surface area contributed by atoms with Gasteiger partial charge in [0.2, 0.25) is 9.23 Å². The summed E-state index contributed by atoms with van der Waals surface area (Å²) in [5.74, 6) is -3.05. The molecule has 0 aliphatic carbocycles. The molecule has 0 saturated carbocycles. The maximum Gasteiger partial charge on any atom is 0.519 e. The Labute approximate surface area is 509 Å². The first-order valence-electron chi connectivity index (χ1n) is 24.6. The number of aliphatic carboxylic acids is 1. The number of nitrogens with one attached hydrogen (secondary N) is 2. The number of aliphatic hydroxyl groups is 1. The number of carboxylic acids is 1. The van der Waals surface area contributed by atoms with Gasteiger partial charge in [0, 0.05) is 21.4 Å². The maximum absolute atomic E-state index is 12.8. The van der Waals surface area contributed by atoms with E-state index in [1.165, 1.54) is 30.3 Å². The zero-order chi connectivity index (χ0) is 69.1. The number of likely N-dealkylation sites (N-methyl/N-ethyl adjacent to an activating group) is 1. The Bertz CT molecular complexity index is 2870. The number of esters is 2. The number of carbonyl (C=O) groups is 6. The van der Waals surface area contributed by atoms with Crippen LogP contribution in [-0.4, -0.2) is 95.4 Å². The van der Waals surface area contributed by atoms with Crippen LogP contribution >= 0.6 is 21.4 Å². The lowest BCUT2D eigenvalue weighted by atomic mass is 10.0. The summed E-state index contributed by atoms with van der Waals surface area (Å²) in [6, 6.07) is 12.7. The SMILES string of the molecule is CC(C)(C)OC(=O)OC(=O)OC(C)(C)C.CNC(CO)c1cccc(C(F)(F)F)c1.COC(=O)C(N)c1cccc(C(F)(F)F)c1.COC(=O)C(NC(=O)OC(C)(C)C)c1cccc(C(F)(F)F)c1.NC(C(=O)O)c1cccc(C(F)(F)F)c1.O=S(Cl)Cl. The average Bonchev–Trinajstić information content (AvgIpc) is 3.58. The molecule has 0 aliphatic rings. The Hall–Kier alpha value is -6.97. The van der Waals surface area contributed by atoms with Gasteiger partial charge in [0.15, 0.2) is 6.04 Å². The molecule has 1 amide bonds. The highest BCUT2D eigenvalue weighted by atomic mass is 36.0. The first-order valence-corrected chi connectivity index (χ1v) is 27.4. The van der Waals surface area contributed by atoms with Crippen molar-refractivity contribution in [1.29, 1.82) is 0 Å². The second-order valence-electron chi connectivity index (χ2n) is 20.2. The fourth-order valence-electron chi connectivity index (χ4n) is 5.84. The number of carboxylic acid groups (broad SMARTS) is 1. The molecular weight excluding hydrogens is 1280 g/mol. The van der Waals surface area contributed by atoms with Crippen LogP contribution in [-0.2, 0) is 76.7 Å². The van der Waals surface area contributed by atoms with Crippen molar-refractivity contribution in [3.05, 3.63) is 142 Å². The number of hydrogen-bond donors (Lipinski definition) is 6. The molecule has 0 aliphatic heterocycles. The minimum atomic E-state index is -4.57. The number of methoxy groups -OCH3 is 2. The van der Waals surface area contributed by atoms with Crippen LogP contribution in [0.2, 0.25) is 0 Å². The molecule has 0 heterocycles. The van der Waals surface area contributed by atoms with Gasteiger partial charge in [0.05, 0.1) is 49.1 Å². The van der Waals surface area contributed by atoms with E-state index in [0.717, 1.165) is 74.9 Å². The van der Waals surface area contributed by atoms with E-state index in [0.29, 0.717) is 5.56 Å². The number of rotatable bonds is 10. The molecule has 496 valence electrons. The van der Waals surface area contributed by atoms with Crippen LogP contribution in [0.4, 0.5) is 67.1 Å². The molecule has 4 aromatic rings. The molecular formula is C54H66Cl2F12N4O15S. The molecule has 4 unspecified atom stereocenters. The van der Waals surface area contributed by atoms with Crippen LogP contribution in [0.5, 0.6) is 0 Å². The summed E-state index contributed by atoms with van der Waals surface area (Å²) < 4.78 is 186. The number of benzene rings is 4. The van der Waals surface area contributed by atoms with Gasteiger partial charge < -0.3 is 60.7 Å². The highest BCUT2D eigenvalue weighted by Gasteiger charge is 2.35. The third-order valence-electron chi connectivity index (χ3n) is 9.61. The van der Waals surface area contributed by atoms with Gasteiger partial charge in [0.1, 0.15) is 28.9 Å². The van der Waals surface area contributed by atoms with Crippen molar-refractivity contribution in [3.63, 3.8) is 0 Å². The van der Waals surface area contributed by atoms with Gasteiger partial charge in [-0.15, -0.1) is 0 Å². The van der Waals surface area contributed by atoms with Crippen LogP contribution in [0.25, 0.3) is 0 Å². The number of nitrogens with two attached hydrogens (primary N) is 2. The second kappa shape index (κ2) is 36.5. The van der Waals surface area contributed by atoms with Crippen molar-refractivity contribution < 1.29 is 124 Å². The van der Waals surface area contributed by atoms with Crippen molar-refractivity contribution >= 4 is 66.9 Å². The normalized spacial score (nSPS) is 13.0. The standard InChI is InChI=1S/C15H18F3NO4.C10H10F3NO2.C10H12F3NO.C10H18O5.C9H8F3NO2.Cl2OS/c1-14(2,3)23-13(21)19-11(12(20)22-4)9-6-5-7-10(8-9)15(16,17)18;1-16-9(15)8(14)6-3-2-4-7(5-6)10(11,12)13;1-14-9(6-15)7-3-2-4-8(5-7)10(11,12)13;1-9(2,3)14-7(11)13-8(12)15-10(4,5)6;10-9(11,12)6-3-1-2-5(4-6)7(13)8(14)15;1-4(2)3/h5-8,11H,1-4H3,(H,19,21);2-5,8H,14H2,1H3;2-5,9,14-15H,6H2,1H3;1-6H3;1-4,7H,13H2,(H,14,15);. The highest BCUT2D eigenvalue weighted by molar-refractivity contribution is 8.26. The van der Waals surface area contributed by atoms with Gasteiger partial charge in [-0.05, 0) is 140 Å². The highest BCUT2D eigenvalue weighted by Crippen LogP contribution is 2.34. The van der Waals surface area contributed by atoms with Crippen molar-refractivity contribution in [1.82, 2.24) is 10.6 Å². The van der Waals surface area contributed by atoms with Crippen LogP contribution in [0, 0.1) is 0 Å². The topological polar surface area (TPSA) is 291 Å². The summed E-state index contributed by atoms with van der Waals surface area (Å²) in [6.07, 6.45) is -20.9. The Balaban J connectivity index is 0. The molecule has 0 saturated heterocycles. The second-order valence-corrected chi connectivity index (χ2v) is 22.7. The van der Waals surface area contributed by atoms with E-state index in [1.54, 1.807) is 75.4 Å². The van der Waals surface area contributed by atoms with E-state index >= 15 is 0 Å². The Morgan fingerprint density at radius 2 is 0.818 bits per heavy atom. The predicted octanol–water partition coefficient (Wildman–Crippen LogP) is 13.0. The van der Waals surface area contributed by atoms with Gasteiger partial charge in [-0.25, -0.2) is 23.4 Å². The lowest BCUT2D eigenvalue weighted by molar-refractivity contribution is -0.144. The van der Waals surface area contributed by atoms with E-state index in [-0.39, 0.29) is 23.3 Å². The van der Waals surface area contributed by atoms with Gasteiger partial charge in [0.25, 0.3) is 0 Å². The molecule has 0 spiro atoms. The van der Waals surface area contributed by atoms with Crippen LogP contribution in [0.3, 0.4) is 0 Å². The van der Waals surface area contributed by atoms with Gasteiger partial charge >= 0.3 is 61.0 Å². The summed E-state index contributed by atoms with van der Waals surface area (Å²) in [6.45, 7) is 14.6. The lowest BCUT2D eigenvalue weighted by Crippen LogP contribution is -2.38. The molecule has 8 N–H and O–H groups in total. The zero-order valence-corrected chi connectivity index (χ0v) is 51.1. The first kappa shape index (κ1) is 83.1. The number of carbonyl (C=O) groups excluding carboxylic acids is 5. The summed E-state index contributed by atoms with van der Waals surface area (Å²) in [7, 11) is 11.1. The largest absolute Gasteiger partial charge is 0.519 e. The lowest BCUT2D eigenvalue weighted by Gasteiger charge is -2.23. The van der Waals surface area contributed by atoms with Crippen molar-refractivity contribution in [2.75, 3.05) is 27.9 Å². The number of hydrogen-bond acceptors (Lipinski definition) is 17. The molecule has 0 bridgehead atoms. The molecule has 88 heavy (non-hydrogen) atoms. The predicted molar refractivity (Wildman–Crippen MR) is 296 cm³/mol. The van der Waals surface area contributed by atoms with Crippen molar-refractivity contribution in [3.8, 4) is 0 Å². The zero-order valence-electron chi connectivity index (χ0n) is 48.8. The molecule has 0 radical (unpaired) electrons. The number of ether oxygens (including phenoxy) is 6. The maximum atomic E-state index is 12.8. The number of amides is 1. The van der Waals surface area contributed by atoms with Crippen molar-refractivity contribution in [2.24, 2.45) is 11.5 Å². The molecule has 0 aromatic heterocycles. The number of aliphatic hydroxyl groups excluding tert-OH is 1. The minimum absolute atomic E-state index is 0.0578. The average molecular weight is 1340 g/mol. The van der Waals surface area contributed by atoms with Gasteiger partial charge in [-0.2, -0.15) is 52.7 Å². The van der Waals surface area contributed by atoms with Crippen LogP contribution < -0.4 is 22.1 Å². The van der Waals surface area contributed by atoms with E-state index < -0.39 is 133 Å². The number of alkyl halides is 12. The number of halogens is 14. The van der Waals surface area contributed by atoms with Gasteiger partial charge in [-0.1, -0.05) is 48.5 Å². The summed E-state index contributed by atoms with van der Waals surface area (Å²) in [5.41, 5.74) is 5.37. The fraction of sp³-hybridized carbons (Fsp3) is 0.444. The van der Waals surface area contributed by atoms with E-state index in [1.807, 2.05) is 0 Å². The third-order valence-corrected chi connectivity index (χ3v) is 9.61. The summed E-state index contributed by atoms with van der Waals surface area (Å²) in [5, 5.41) is 22.4. The molecule has 34 heteroatoms. The number of alkyl carbamates (subject to hydrolysis) is 1. The van der Waals surface area contributed by atoms with Crippen LogP contribution in [0.1, 0.15) is 131 Å². The quantitative estimate of drug-likeness (QED) is 0.0283. The molecule has 4 aromatic carbocycles. The first-order chi connectivity index (χ1) is 39.8. The Kier molecular flexibility index (Phi) is 34.5. The molecule has 4 rings (SSSR count). The minimum Gasteiger partial charge on any atom is -0.480 e. The molecule has 0 fully saturated rings.